The number of ether oxygens (including phenoxy) is 3. The van der Waals surface area contributed by atoms with Gasteiger partial charge in [-0.25, -0.2) is 9.59 Å². The molecule has 6 heteroatoms. The van der Waals surface area contributed by atoms with Crippen LogP contribution in [0, 0.1) is 0 Å². The summed E-state index contributed by atoms with van der Waals surface area (Å²) < 4.78 is 15.6. The van der Waals surface area contributed by atoms with Crippen LogP contribution in [-0.2, 0) is 14.3 Å². The monoisotopic (exact) mass is 412 g/mol. The van der Waals surface area contributed by atoms with Crippen LogP contribution in [0.1, 0.15) is 19.3 Å². The lowest BCUT2D eigenvalue weighted by Crippen LogP contribution is -2.06. The number of esters is 1. The van der Waals surface area contributed by atoms with Gasteiger partial charge in [-0.1, -0.05) is 49.6 Å². The van der Waals surface area contributed by atoms with Gasteiger partial charge < -0.3 is 19.3 Å². The molecule has 0 spiro atoms. The lowest BCUT2D eigenvalue weighted by molar-refractivity contribution is -0.138. The van der Waals surface area contributed by atoms with E-state index in [0.717, 1.165) is 17.6 Å². The standard InChI is InChI=1S/2C12H14O3/c1-10(12(13)14)6-5-9-15-11-7-3-2-4-8-11;1-2-12(13)15-10-6-9-14-11-7-4-3-5-8-11/h2-4,7-8H,1,5-6,9H2,(H,13,14);2-5,7-8H,1,6,9-10H2. The average Bonchev–Trinajstić information content (AvgIpc) is 2.78. The molecule has 0 aliphatic heterocycles. The Kier molecular flexibility index (Phi) is 12.6. The third-order valence-electron chi connectivity index (χ3n) is 3.65. The van der Waals surface area contributed by atoms with E-state index in [1.807, 2.05) is 60.7 Å². The lowest BCUT2D eigenvalue weighted by atomic mass is 10.2. The van der Waals surface area contributed by atoms with Gasteiger partial charge in [0.1, 0.15) is 11.5 Å². The Balaban J connectivity index is 0.000000300. The minimum atomic E-state index is -0.935. The largest absolute Gasteiger partial charge is 0.494 e. The maximum absolute atomic E-state index is 10.7. The molecule has 2 aromatic carbocycles. The summed E-state index contributed by atoms with van der Waals surface area (Å²) in [6, 6.07) is 19.0. The van der Waals surface area contributed by atoms with Crippen LogP contribution in [0.25, 0.3) is 0 Å². The molecular formula is C24H28O6. The molecule has 2 aromatic rings. The highest BCUT2D eigenvalue weighted by Gasteiger charge is 2.02. The number of carboxylic acid groups (broad SMARTS) is 1. The molecule has 0 saturated heterocycles. The normalized spacial score (nSPS) is 9.47. The molecule has 0 aliphatic carbocycles. The Bertz CT molecular complexity index is 769. The number of rotatable bonds is 12. The van der Waals surface area contributed by atoms with Crippen molar-refractivity contribution in [3.05, 3.63) is 85.5 Å². The number of aliphatic carboxylic acids is 1. The van der Waals surface area contributed by atoms with Gasteiger partial charge in [-0.2, -0.15) is 0 Å². The molecule has 6 nitrogen and oxygen atoms in total. The molecule has 0 aromatic heterocycles. The second-order valence-electron chi connectivity index (χ2n) is 6.06. The van der Waals surface area contributed by atoms with Crippen LogP contribution in [0.15, 0.2) is 85.5 Å². The highest BCUT2D eigenvalue weighted by atomic mass is 16.5. The summed E-state index contributed by atoms with van der Waals surface area (Å²) >= 11 is 0. The number of carbonyl (C=O) groups is 2. The SMILES string of the molecule is C=C(CCCOc1ccccc1)C(=O)O.C=CC(=O)OCCCOc1ccccc1. The maximum Gasteiger partial charge on any atom is 0.330 e. The number of carbonyl (C=O) groups excluding carboxylic acids is 1. The average molecular weight is 412 g/mol. The molecule has 0 heterocycles. The number of carboxylic acids is 1. The van der Waals surface area contributed by atoms with Crippen molar-refractivity contribution in [2.45, 2.75) is 19.3 Å². The number of para-hydroxylation sites is 2. The maximum atomic E-state index is 10.7. The third kappa shape index (κ3) is 12.0. The van der Waals surface area contributed by atoms with E-state index in [9.17, 15) is 9.59 Å². The van der Waals surface area contributed by atoms with Gasteiger partial charge in [-0.05, 0) is 37.1 Å². The molecule has 30 heavy (non-hydrogen) atoms. The first kappa shape index (κ1) is 24.5. The van der Waals surface area contributed by atoms with E-state index in [1.165, 1.54) is 0 Å². The van der Waals surface area contributed by atoms with Crippen LogP contribution < -0.4 is 9.47 Å². The van der Waals surface area contributed by atoms with Crippen LogP contribution in [0.4, 0.5) is 0 Å². The third-order valence-corrected chi connectivity index (χ3v) is 3.65. The minimum absolute atomic E-state index is 0.228. The molecule has 0 amide bonds. The van der Waals surface area contributed by atoms with Crippen LogP contribution in [0.5, 0.6) is 11.5 Å². The summed E-state index contributed by atoms with van der Waals surface area (Å²) in [5.41, 5.74) is 0.228. The van der Waals surface area contributed by atoms with Crippen molar-refractivity contribution in [1.29, 1.82) is 0 Å². The molecule has 1 N–H and O–H groups in total. The van der Waals surface area contributed by atoms with E-state index in [2.05, 4.69) is 13.2 Å². The number of hydrogen-bond donors (Lipinski definition) is 1. The molecule has 0 unspecified atom stereocenters. The smallest absolute Gasteiger partial charge is 0.330 e. The Morgan fingerprint density at radius 1 is 0.833 bits per heavy atom. The van der Waals surface area contributed by atoms with E-state index in [4.69, 9.17) is 19.3 Å². The zero-order valence-corrected chi connectivity index (χ0v) is 17.0. The summed E-state index contributed by atoms with van der Waals surface area (Å²) in [6.07, 6.45) is 2.95. The van der Waals surface area contributed by atoms with Gasteiger partial charge in [0.25, 0.3) is 0 Å². The summed E-state index contributed by atoms with van der Waals surface area (Å²) in [7, 11) is 0. The summed E-state index contributed by atoms with van der Waals surface area (Å²) in [5, 5.41) is 8.56. The van der Waals surface area contributed by atoms with E-state index < -0.39 is 11.9 Å². The quantitative estimate of drug-likeness (QED) is 0.310. The van der Waals surface area contributed by atoms with Gasteiger partial charge >= 0.3 is 11.9 Å². The lowest BCUT2D eigenvalue weighted by Gasteiger charge is -2.05. The Morgan fingerprint density at radius 2 is 1.33 bits per heavy atom. The number of hydrogen-bond acceptors (Lipinski definition) is 5. The fourth-order valence-corrected chi connectivity index (χ4v) is 2.10. The van der Waals surface area contributed by atoms with Crippen molar-refractivity contribution in [3.63, 3.8) is 0 Å². The van der Waals surface area contributed by atoms with Gasteiger partial charge in [0, 0.05) is 18.1 Å². The molecular weight excluding hydrogens is 384 g/mol. The van der Waals surface area contributed by atoms with Gasteiger partial charge in [-0.3, -0.25) is 0 Å². The van der Waals surface area contributed by atoms with Crippen molar-refractivity contribution in [2.24, 2.45) is 0 Å². The topological polar surface area (TPSA) is 82.1 Å². The van der Waals surface area contributed by atoms with E-state index in [0.29, 0.717) is 39.1 Å². The number of benzene rings is 2. The van der Waals surface area contributed by atoms with Gasteiger partial charge in [0.15, 0.2) is 0 Å². The van der Waals surface area contributed by atoms with Crippen LogP contribution in [-0.4, -0.2) is 36.9 Å². The molecule has 2 rings (SSSR count). The Labute approximate surface area is 177 Å². The molecule has 0 fully saturated rings. The van der Waals surface area contributed by atoms with Gasteiger partial charge in [0.2, 0.25) is 0 Å². The van der Waals surface area contributed by atoms with Crippen LogP contribution in [0.3, 0.4) is 0 Å². The second-order valence-corrected chi connectivity index (χ2v) is 6.06. The molecule has 0 aliphatic rings. The predicted molar refractivity (Wildman–Crippen MR) is 116 cm³/mol. The summed E-state index contributed by atoms with van der Waals surface area (Å²) in [4.78, 5) is 21.1. The summed E-state index contributed by atoms with van der Waals surface area (Å²) in [6.45, 7) is 8.15. The highest BCUT2D eigenvalue weighted by Crippen LogP contribution is 2.10. The fourth-order valence-electron chi connectivity index (χ4n) is 2.10. The first-order valence-electron chi connectivity index (χ1n) is 9.59. The molecule has 0 saturated carbocycles. The Morgan fingerprint density at radius 3 is 1.80 bits per heavy atom. The van der Waals surface area contributed by atoms with E-state index >= 15 is 0 Å². The molecule has 0 bridgehead atoms. The van der Waals surface area contributed by atoms with Gasteiger partial charge in [0.05, 0.1) is 19.8 Å². The van der Waals surface area contributed by atoms with Crippen molar-refractivity contribution in [3.8, 4) is 11.5 Å². The van der Waals surface area contributed by atoms with Crippen LogP contribution in [0.2, 0.25) is 0 Å². The minimum Gasteiger partial charge on any atom is -0.494 e. The Hall–Kier alpha value is -3.54. The predicted octanol–water partition coefficient (Wildman–Crippen LogP) is 4.67. The van der Waals surface area contributed by atoms with Gasteiger partial charge in [-0.15, -0.1) is 0 Å². The van der Waals surface area contributed by atoms with E-state index in [-0.39, 0.29) is 5.57 Å². The summed E-state index contributed by atoms with van der Waals surface area (Å²) in [5.74, 6) is 0.301. The fraction of sp³-hybridized carbons (Fsp3) is 0.250. The van der Waals surface area contributed by atoms with Crippen molar-refractivity contribution >= 4 is 11.9 Å². The molecule has 0 radical (unpaired) electrons. The zero-order valence-electron chi connectivity index (χ0n) is 17.0. The molecule has 160 valence electrons. The van der Waals surface area contributed by atoms with E-state index in [1.54, 1.807) is 0 Å². The molecule has 0 atom stereocenters. The van der Waals surface area contributed by atoms with Crippen molar-refractivity contribution < 1.29 is 28.9 Å². The second kappa shape index (κ2) is 15.4. The van der Waals surface area contributed by atoms with Crippen molar-refractivity contribution in [1.82, 2.24) is 0 Å². The van der Waals surface area contributed by atoms with Crippen molar-refractivity contribution in [2.75, 3.05) is 19.8 Å². The van der Waals surface area contributed by atoms with Crippen LogP contribution >= 0.6 is 0 Å². The first-order valence-corrected chi connectivity index (χ1v) is 9.59. The first-order chi connectivity index (χ1) is 14.5. The highest BCUT2D eigenvalue weighted by molar-refractivity contribution is 5.85. The zero-order chi connectivity index (χ0) is 22.0.